The number of aliphatic hydroxyl groups is 1. The lowest BCUT2D eigenvalue weighted by atomic mass is 9.91. The minimum Gasteiger partial charge on any atom is -0.508 e. The van der Waals surface area contributed by atoms with E-state index < -0.39 is 5.60 Å². The van der Waals surface area contributed by atoms with E-state index in [1.54, 1.807) is 0 Å². The molecule has 1 aromatic rings. The van der Waals surface area contributed by atoms with Gasteiger partial charge in [0.2, 0.25) is 0 Å². The van der Waals surface area contributed by atoms with E-state index in [0.29, 0.717) is 12.3 Å². The van der Waals surface area contributed by atoms with E-state index in [9.17, 15) is 10.2 Å². The molecule has 1 heterocycles. The molecule has 0 unspecified atom stereocenters. The van der Waals surface area contributed by atoms with Crippen LogP contribution in [-0.2, 0) is 6.54 Å². The Morgan fingerprint density at radius 1 is 1.33 bits per heavy atom. The summed E-state index contributed by atoms with van der Waals surface area (Å²) in [7, 11) is 0. The van der Waals surface area contributed by atoms with Crippen LogP contribution in [0.3, 0.4) is 0 Å². The molecule has 0 saturated carbocycles. The lowest BCUT2D eigenvalue weighted by molar-refractivity contribution is -0.0153. The number of phenols is 1. The molecule has 1 saturated heterocycles. The van der Waals surface area contributed by atoms with Gasteiger partial charge in [-0.25, -0.2) is 0 Å². The zero-order valence-corrected chi connectivity index (χ0v) is 10.9. The molecule has 1 aliphatic rings. The molecule has 18 heavy (non-hydrogen) atoms. The van der Waals surface area contributed by atoms with Gasteiger partial charge in [0.1, 0.15) is 5.75 Å². The van der Waals surface area contributed by atoms with Gasteiger partial charge in [0.05, 0.1) is 5.60 Å². The van der Waals surface area contributed by atoms with Crippen molar-refractivity contribution in [2.75, 3.05) is 19.6 Å². The Bertz CT molecular complexity index is 412. The predicted octanol–water partition coefficient (Wildman–Crippen LogP) is 0.986. The Labute approximate surface area is 108 Å². The van der Waals surface area contributed by atoms with E-state index in [1.165, 1.54) is 0 Å². The van der Waals surface area contributed by atoms with Crippen molar-refractivity contribution in [3.63, 3.8) is 0 Å². The molecular weight excluding hydrogens is 228 g/mol. The SMILES string of the molecule is Cc1ccc(CN2CCC(O)(CN)CC2)cc1O. The van der Waals surface area contributed by atoms with E-state index in [4.69, 9.17) is 5.73 Å². The summed E-state index contributed by atoms with van der Waals surface area (Å²) < 4.78 is 0. The fourth-order valence-corrected chi connectivity index (χ4v) is 2.34. The number of likely N-dealkylation sites (tertiary alicyclic amines) is 1. The van der Waals surface area contributed by atoms with Crippen LogP contribution in [0.25, 0.3) is 0 Å². The molecule has 0 aliphatic carbocycles. The predicted molar refractivity (Wildman–Crippen MR) is 71.4 cm³/mol. The van der Waals surface area contributed by atoms with Gasteiger partial charge in [-0.3, -0.25) is 4.90 Å². The Balaban J connectivity index is 1.93. The largest absolute Gasteiger partial charge is 0.508 e. The zero-order valence-electron chi connectivity index (χ0n) is 10.9. The Hall–Kier alpha value is -1.10. The molecule has 4 heteroatoms. The zero-order chi connectivity index (χ0) is 13.2. The van der Waals surface area contributed by atoms with Crippen molar-refractivity contribution >= 4 is 0 Å². The highest BCUT2D eigenvalue weighted by Gasteiger charge is 2.30. The molecule has 0 amide bonds. The Morgan fingerprint density at radius 3 is 2.56 bits per heavy atom. The number of benzene rings is 1. The Kier molecular flexibility index (Phi) is 3.90. The van der Waals surface area contributed by atoms with Gasteiger partial charge in [0.25, 0.3) is 0 Å². The summed E-state index contributed by atoms with van der Waals surface area (Å²) in [5.41, 5.74) is 6.90. The van der Waals surface area contributed by atoms with Gasteiger partial charge in [-0.1, -0.05) is 12.1 Å². The average molecular weight is 250 g/mol. The van der Waals surface area contributed by atoms with E-state index in [2.05, 4.69) is 4.90 Å². The first-order valence-corrected chi connectivity index (χ1v) is 6.46. The minimum atomic E-state index is -0.675. The van der Waals surface area contributed by atoms with E-state index >= 15 is 0 Å². The van der Waals surface area contributed by atoms with E-state index in [-0.39, 0.29) is 0 Å². The molecule has 0 radical (unpaired) electrons. The number of phenolic OH excluding ortho intramolecular Hbond substituents is 1. The third-order valence-electron chi connectivity index (χ3n) is 3.85. The number of hydrogen-bond donors (Lipinski definition) is 3. The van der Waals surface area contributed by atoms with Crippen molar-refractivity contribution in [1.82, 2.24) is 4.90 Å². The minimum absolute atomic E-state index is 0.339. The van der Waals surface area contributed by atoms with Gasteiger partial charge in [0.15, 0.2) is 0 Å². The molecule has 1 fully saturated rings. The van der Waals surface area contributed by atoms with E-state index in [1.807, 2.05) is 25.1 Å². The summed E-state index contributed by atoms with van der Waals surface area (Å²) in [5, 5.41) is 19.7. The van der Waals surface area contributed by atoms with Gasteiger partial charge >= 0.3 is 0 Å². The van der Waals surface area contributed by atoms with Crippen LogP contribution in [0, 0.1) is 6.92 Å². The summed E-state index contributed by atoms with van der Waals surface area (Å²) >= 11 is 0. The van der Waals surface area contributed by atoms with Crippen molar-refractivity contribution in [3.05, 3.63) is 29.3 Å². The second kappa shape index (κ2) is 5.26. The highest BCUT2D eigenvalue weighted by Crippen LogP contribution is 2.24. The van der Waals surface area contributed by atoms with Crippen LogP contribution >= 0.6 is 0 Å². The lowest BCUT2D eigenvalue weighted by Gasteiger charge is -2.37. The molecule has 0 atom stereocenters. The van der Waals surface area contributed by atoms with Crippen molar-refractivity contribution in [3.8, 4) is 5.75 Å². The van der Waals surface area contributed by atoms with Crippen molar-refractivity contribution in [1.29, 1.82) is 0 Å². The molecule has 2 rings (SSSR count). The Morgan fingerprint density at radius 2 is 2.00 bits per heavy atom. The highest BCUT2D eigenvalue weighted by atomic mass is 16.3. The van der Waals surface area contributed by atoms with Crippen LogP contribution in [0.2, 0.25) is 0 Å². The number of aryl methyl sites for hydroxylation is 1. The third-order valence-corrected chi connectivity index (χ3v) is 3.85. The molecule has 1 aliphatic heterocycles. The van der Waals surface area contributed by atoms with Gasteiger partial charge in [0, 0.05) is 26.2 Å². The maximum Gasteiger partial charge on any atom is 0.118 e. The topological polar surface area (TPSA) is 69.7 Å². The number of aromatic hydroxyl groups is 1. The van der Waals surface area contributed by atoms with Crippen molar-refractivity contribution < 1.29 is 10.2 Å². The highest BCUT2D eigenvalue weighted by molar-refractivity contribution is 5.35. The first-order chi connectivity index (χ1) is 8.52. The quantitative estimate of drug-likeness (QED) is 0.748. The van der Waals surface area contributed by atoms with Crippen LogP contribution in [-0.4, -0.2) is 40.3 Å². The number of nitrogens with zero attached hydrogens (tertiary/aromatic N) is 1. The standard InChI is InChI=1S/C14H22N2O2/c1-11-2-3-12(8-13(11)17)9-16-6-4-14(18,10-15)5-7-16/h2-3,8,17-18H,4-7,9-10,15H2,1H3. The first kappa shape index (κ1) is 13.3. The first-order valence-electron chi connectivity index (χ1n) is 6.46. The number of hydrogen-bond acceptors (Lipinski definition) is 4. The van der Waals surface area contributed by atoms with Gasteiger partial charge in [-0.2, -0.15) is 0 Å². The van der Waals surface area contributed by atoms with Crippen molar-refractivity contribution in [2.45, 2.75) is 31.9 Å². The second-order valence-electron chi connectivity index (χ2n) is 5.33. The molecule has 0 aromatic heterocycles. The summed E-state index contributed by atoms with van der Waals surface area (Å²) in [5.74, 6) is 0.350. The lowest BCUT2D eigenvalue weighted by Crippen LogP contribution is -2.48. The van der Waals surface area contributed by atoms with Gasteiger partial charge in [-0.15, -0.1) is 0 Å². The smallest absolute Gasteiger partial charge is 0.118 e. The number of rotatable bonds is 3. The van der Waals surface area contributed by atoms with Crippen LogP contribution in [0.15, 0.2) is 18.2 Å². The maximum atomic E-state index is 10.1. The summed E-state index contributed by atoms with van der Waals surface area (Å²) in [6.45, 7) is 4.74. The normalized spacial score (nSPS) is 19.9. The van der Waals surface area contributed by atoms with Crippen LogP contribution in [0.1, 0.15) is 24.0 Å². The van der Waals surface area contributed by atoms with Gasteiger partial charge < -0.3 is 15.9 Å². The molecule has 0 bridgehead atoms. The molecule has 4 nitrogen and oxygen atoms in total. The summed E-state index contributed by atoms with van der Waals surface area (Å²) in [6.07, 6.45) is 1.45. The monoisotopic (exact) mass is 250 g/mol. The maximum absolute atomic E-state index is 10.1. The fraction of sp³-hybridized carbons (Fsp3) is 0.571. The van der Waals surface area contributed by atoms with Crippen LogP contribution in [0.4, 0.5) is 0 Å². The van der Waals surface area contributed by atoms with Crippen LogP contribution in [0.5, 0.6) is 5.75 Å². The second-order valence-corrected chi connectivity index (χ2v) is 5.33. The van der Waals surface area contributed by atoms with Crippen molar-refractivity contribution in [2.24, 2.45) is 5.73 Å². The molecule has 0 spiro atoms. The van der Waals surface area contributed by atoms with Crippen LogP contribution < -0.4 is 5.73 Å². The third kappa shape index (κ3) is 3.02. The molecule has 1 aromatic carbocycles. The number of piperidine rings is 1. The summed E-state index contributed by atoms with van der Waals surface area (Å²) in [4.78, 5) is 2.29. The average Bonchev–Trinajstić information content (AvgIpc) is 2.37. The molecule has 4 N–H and O–H groups in total. The number of nitrogens with two attached hydrogens (primary N) is 1. The fourth-order valence-electron chi connectivity index (χ4n) is 2.34. The summed E-state index contributed by atoms with van der Waals surface area (Å²) in [6, 6.07) is 5.79. The van der Waals surface area contributed by atoms with Gasteiger partial charge in [-0.05, 0) is 37.0 Å². The molecule has 100 valence electrons. The van der Waals surface area contributed by atoms with E-state index in [0.717, 1.165) is 43.6 Å². The molecular formula is C14H22N2O2.